The van der Waals surface area contributed by atoms with Crippen molar-refractivity contribution in [3.8, 4) is 0 Å². The molecule has 19 heavy (non-hydrogen) atoms. The summed E-state index contributed by atoms with van der Waals surface area (Å²) in [7, 11) is 0. The Hall–Kier alpha value is -1.09. The van der Waals surface area contributed by atoms with E-state index in [-0.39, 0.29) is 0 Å². The summed E-state index contributed by atoms with van der Waals surface area (Å²) >= 11 is 0. The molecule has 0 bridgehead atoms. The molecule has 1 fully saturated rings. The number of aromatic nitrogens is 1. The fraction of sp³-hybridized carbons (Fsp3) is 0.688. The monoisotopic (exact) mass is 261 g/mol. The Bertz CT molecular complexity index is 391. The molecule has 2 heterocycles. The van der Waals surface area contributed by atoms with Gasteiger partial charge in [-0.1, -0.05) is 26.8 Å². The fourth-order valence-corrected chi connectivity index (χ4v) is 2.46. The number of rotatable bonds is 5. The zero-order valence-corrected chi connectivity index (χ0v) is 12.6. The Morgan fingerprint density at radius 1 is 1.26 bits per heavy atom. The van der Waals surface area contributed by atoms with Gasteiger partial charge in [0.05, 0.1) is 5.69 Å². The molecular weight excluding hydrogens is 234 g/mol. The Balaban J connectivity index is 1.89. The molecule has 1 aliphatic heterocycles. The number of hydrogen-bond donors (Lipinski definition) is 1. The number of piperidine rings is 1. The zero-order valence-electron chi connectivity index (χ0n) is 12.6. The predicted molar refractivity (Wildman–Crippen MR) is 81.3 cm³/mol. The van der Waals surface area contributed by atoms with Crippen LogP contribution in [0.4, 0.5) is 5.82 Å². The first-order valence-electron chi connectivity index (χ1n) is 7.51. The van der Waals surface area contributed by atoms with Crippen molar-refractivity contribution >= 4 is 5.82 Å². The lowest BCUT2D eigenvalue weighted by molar-refractivity contribution is 0.126. The summed E-state index contributed by atoms with van der Waals surface area (Å²) in [5, 5.41) is 3.36. The molecule has 2 rings (SSSR count). The van der Waals surface area contributed by atoms with Crippen LogP contribution in [0.5, 0.6) is 0 Å². The number of anilines is 1. The van der Waals surface area contributed by atoms with Crippen molar-refractivity contribution < 1.29 is 0 Å². The second-order valence-electron chi connectivity index (χ2n) is 6.38. The molecule has 106 valence electrons. The molecule has 1 aromatic rings. The molecule has 1 N–H and O–H groups in total. The molecule has 3 heteroatoms. The minimum absolute atomic E-state index is 0.522. The average molecular weight is 261 g/mol. The molecule has 1 aromatic heterocycles. The van der Waals surface area contributed by atoms with E-state index < -0.39 is 0 Å². The lowest BCUT2D eigenvalue weighted by Gasteiger charge is -2.36. The van der Waals surface area contributed by atoms with Crippen molar-refractivity contribution in [1.82, 2.24) is 9.88 Å². The van der Waals surface area contributed by atoms with Gasteiger partial charge in [-0.25, -0.2) is 4.98 Å². The largest absolute Gasteiger partial charge is 0.370 e. The van der Waals surface area contributed by atoms with Gasteiger partial charge in [-0.2, -0.15) is 0 Å². The summed E-state index contributed by atoms with van der Waals surface area (Å²) < 4.78 is 0. The van der Waals surface area contributed by atoms with Crippen LogP contribution in [0.1, 0.15) is 45.7 Å². The van der Waals surface area contributed by atoms with E-state index in [2.05, 4.69) is 54.2 Å². The summed E-state index contributed by atoms with van der Waals surface area (Å²) in [4.78, 5) is 7.21. The van der Waals surface area contributed by atoms with Crippen molar-refractivity contribution in [2.24, 2.45) is 5.41 Å². The van der Waals surface area contributed by atoms with Crippen molar-refractivity contribution in [3.05, 3.63) is 23.9 Å². The van der Waals surface area contributed by atoms with E-state index in [4.69, 9.17) is 0 Å². The fourth-order valence-electron chi connectivity index (χ4n) is 2.46. The van der Waals surface area contributed by atoms with Crippen LogP contribution in [0.15, 0.2) is 18.2 Å². The second kappa shape index (κ2) is 6.38. The lowest BCUT2D eigenvalue weighted by atomic mass is 9.83. The lowest BCUT2D eigenvalue weighted by Crippen LogP contribution is -2.36. The van der Waals surface area contributed by atoms with Crippen LogP contribution in [-0.4, -0.2) is 29.5 Å². The molecule has 1 aliphatic rings. The first-order valence-corrected chi connectivity index (χ1v) is 7.51. The zero-order chi connectivity index (χ0) is 13.7. The van der Waals surface area contributed by atoms with Crippen LogP contribution in [0.25, 0.3) is 0 Å². The number of nitrogens with zero attached hydrogens (tertiary/aromatic N) is 2. The Labute approximate surface area is 117 Å². The van der Waals surface area contributed by atoms with Gasteiger partial charge in [-0.3, -0.25) is 4.90 Å². The summed E-state index contributed by atoms with van der Waals surface area (Å²) in [6.07, 6.45) is 3.72. The quantitative estimate of drug-likeness (QED) is 0.879. The predicted octanol–water partition coefficient (Wildman–Crippen LogP) is 3.53. The van der Waals surface area contributed by atoms with E-state index in [9.17, 15) is 0 Å². The van der Waals surface area contributed by atoms with Gasteiger partial charge in [0, 0.05) is 13.1 Å². The molecule has 0 amide bonds. The van der Waals surface area contributed by atoms with E-state index in [1.165, 1.54) is 31.6 Å². The standard InChI is InChI=1S/C16H27N3/c1-4-10-17-15-7-5-6-14(18-15)13-19-11-8-16(2,3)9-12-19/h5-7H,4,8-13H2,1-3H3,(H,17,18). The second-order valence-corrected chi connectivity index (χ2v) is 6.38. The van der Waals surface area contributed by atoms with Crippen molar-refractivity contribution in [2.75, 3.05) is 25.0 Å². The highest BCUT2D eigenvalue weighted by atomic mass is 15.1. The number of pyridine rings is 1. The molecule has 0 spiro atoms. The minimum Gasteiger partial charge on any atom is -0.370 e. The van der Waals surface area contributed by atoms with E-state index in [0.29, 0.717) is 5.41 Å². The Morgan fingerprint density at radius 3 is 2.68 bits per heavy atom. The van der Waals surface area contributed by atoms with Crippen LogP contribution in [-0.2, 0) is 6.54 Å². The molecule has 0 aliphatic carbocycles. The Kier molecular flexibility index (Phi) is 4.81. The summed E-state index contributed by atoms with van der Waals surface area (Å²) in [6, 6.07) is 6.30. The third kappa shape index (κ3) is 4.50. The van der Waals surface area contributed by atoms with Crippen LogP contribution < -0.4 is 5.32 Å². The van der Waals surface area contributed by atoms with Crippen molar-refractivity contribution in [2.45, 2.75) is 46.6 Å². The summed E-state index contributed by atoms with van der Waals surface area (Å²) in [6.45, 7) is 11.3. The van der Waals surface area contributed by atoms with Gasteiger partial charge in [-0.05, 0) is 49.9 Å². The smallest absolute Gasteiger partial charge is 0.126 e. The molecule has 0 radical (unpaired) electrons. The van der Waals surface area contributed by atoms with Crippen LogP contribution in [0.3, 0.4) is 0 Å². The normalized spacial score (nSPS) is 19.3. The molecule has 0 aromatic carbocycles. The first kappa shape index (κ1) is 14.3. The summed E-state index contributed by atoms with van der Waals surface area (Å²) in [5.41, 5.74) is 1.70. The topological polar surface area (TPSA) is 28.2 Å². The molecule has 0 atom stereocenters. The van der Waals surface area contributed by atoms with E-state index >= 15 is 0 Å². The average Bonchev–Trinajstić information content (AvgIpc) is 2.39. The SMILES string of the molecule is CCCNc1cccc(CN2CCC(C)(C)CC2)n1. The maximum atomic E-state index is 4.69. The third-order valence-electron chi connectivity index (χ3n) is 3.96. The van der Waals surface area contributed by atoms with Crippen LogP contribution >= 0.6 is 0 Å². The van der Waals surface area contributed by atoms with E-state index in [1.54, 1.807) is 0 Å². The molecular formula is C16H27N3. The Morgan fingerprint density at radius 2 is 2.00 bits per heavy atom. The number of nitrogens with one attached hydrogen (secondary N) is 1. The molecule has 1 saturated heterocycles. The number of hydrogen-bond acceptors (Lipinski definition) is 3. The van der Waals surface area contributed by atoms with Gasteiger partial charge in [0.15, 0.2) is 0 Å². The first-order chi connectivity index (χ1) is 9.09. The highest BCUT2D eigenvalue weighted by Gasteiger charge is 2.25. The maximum absolute atomic E-state index is 4.69. The van der Waals surface area contributed by atoms with Gasteiger partial charge in [0.25, 0.3) is 0 Å². The highest BCUT2D eigenvalue weighted by molar-refractivity contribution is 5.35. The van der Waals surface area contributed by atoms with Crippen molar-refractivity contribution in [1.29, 1.82) is 0 Å². The highest BCUT2D eigenvalue weighted by Crippen LogP contribution is 2.30. The molecule has 3 nitrogen and oxygen atoms in total. The van der Waals surface area contributed by atoms with Crippen LogP contribution in [0, 0.1) is 5.41 Å². The molecule has 0 saturated carbocycles. The van der Waals surface area contributed by atoms with Gasteiger partial charge in [0.2, 0.25) is 0 Å². The third-order valence-corrected chi connectivity index (χ3v) is 3.96. The summed E-state index contributed by atoms with van der Waals surface area (Å²) in [5.74, 6) is 1.01. The van der Waals surface area contributed by atoms with E-state index in [0.717, 1.165) is 25.3 Å². The van der Waals surface area contributed by atoms with Crippen molar-refractivity contribution in [3.63, 3.8) is 0 Å². The van der Waals surface area contributed by atoms with Crippen LogP contribution in [0.2, 0.25) is 0 Å². The van der Waals surface area contributed by atoms with Gasteiger partial charge < -0.3 is 5.32 Å². The maximum Gasteiger partial charge on any atom is 0.126 e. The van der Waals surface area contributed by atoms with E-state index in [1.807, 2.05) is 0 Å². The number of likely N-dealkylation sites (tertiary alicyclic amines) is 1. The molecule has 0 unspecified atom stereocenters. The van der Waals surface area contributed by atoms with Gasteiger partial charge in [-0.15, -0.1) is 0 Å². The van der Waals surface area contributed by atoms with Gasteiger partial charge in [0.1, 0.15) is 5.82 Å². The minimum atomic E-state index is 0.522. The van der Waals surface area contributed by atoms with Gasteiger partial charge >= 0.3 is 0 Å².